The Balaban J connectivity index is 1.29. The molecule has 0 radical (unpaired) electrons. The van der Waals surface area contributed by atoms with Crippen molar-refractivity contribution in [3.8, 4) is 0 Å². The molecule has 1 aromatic heterocycles. The number of aromatic nitrogens is 1. The van der Waals surface area contributed by atoms with Gasteiger partial charge in [0, 0.05) is 42.1 Å². The molecule has 1 fully saturated rings. The number of nitrogens with one attached hydrogen (secondary N) is 1. The van der Waals surface area contributed by atoms with Crippen molar-refractivity contribution in [2.24, 2.45) is 0 Å². The Morgan fingerprint density at radius 2 is 1.67 bits per heavy atom. The van der Waals surface area contributed by atoms with E-state index >= 15 is 0 Å². The van der Waals surface area contributed by atoms with Gasteiger partial charge in [0.15, 0.2) is 0 Å². The van der Waals surface area contributed by atoms with Crippen molar-refractivity contribution in [2.75, 3.05) is 20.6 Å². The van der Waals surface area contributed by atoms with Gasteiger partial charge in [-0.3, -0.25) is 9.69 Å². The van der Waals surface area contributed by atoms with Crippen LogP contribution in [0.25, 0.3) is 10.9 Å². The third-order valence-corrected chi connectivity index (χ3v) is 7.81. The van der Waals surface area contributed by atoms with Crippen LogP contribution in [0.3, 0.4) is 0 Å². The van der Waals surface area contributed by atoms with E-state index in [1.165, 1.54) is 22.0 Å². The second-order valence-electron chi connectivity index (χ2n) is 9.91. The Morgan fingerprint density at radius 3 is 2.36 bits per heavy atom. The maximum absolute atomic E-state index is 12.5. The van der Waals surface area contributed by atoms with Crippen LogP contribution in [0.5, 0.6) is 0 Å². The van der Waals surface area contributed by atoms with Gasteiger partial charge in [-0.05, 0) is 76.2 Å². The molecule has 1 heterocycles. The number of rotatable bonds is 9. The van der Waals surface area contributed by atoms with Gasteiger partial charge in [0.05, 0.1) is 0 Å². The predicted molar refractivity (Wildman–Crippen MR) is 137 cm³/mol. The van der Waals surface area contributed by atoms with Crippen LogP contribution in [-0.4, -0.2) is 47.4 Å². The fourth-order valence-corrected chi connectivity index (χ4v) is 5.84. The van der Waals surface area contributed by atoms with Gasteiger partial charge in [-0.25, -0.2) is 0 Å². The molecule has 1 aliphatic carbocycles. The highest BCUT2D eigenvalue weighted by molar-refractivity contribution is 5.83. The van der Waals surface area contributed by atoms with E-state index in [9.17, 15) is 4.79 Å². The number of carbonyl (C=O) groups is 1. The maximum atomic E-state index is 12.5. The minimum Gasteiger partial charge on any atom is -0.361 e. The van der Waals surface area contributed by atoms with Gasteiger partial charge < -0.3 is 9.88 Å². The second-order valence-corrected chi connectivity index (χ2v) is 9.91. The van der Waals surface area contributed by atoms with E-state index in [0.29, 0.717) is 6.04 Å². The van der Waals surface area contributed by atoms with Crippen molar-refractivity contribution in [2.45, 2.75) is 69.9 Å². The number of amides is 1. The molecule has 4 heteroatoms. The summed E-state index contributed by atoms with van der Waals surface area (Å²) in [4.78, 5) is 20.4. The molecule has 0 atom stereocenters. The summed E-state index contributed by atoms with van der Waals surface area (Å²) in [5, 5.41) is 1.34. The SMILES string of the molecule is CC(=O)N(CCCCCc1c[nH]c2ccccc12)C1CCC(c2ccccc2)(N(C)C)CC1. The fourth-order valence-electron chi connectivity index (χ4n) is 5.84. The minimum atomic E-state index is 0.0829. The first-order chi connectivity index (χ1) is 16.0. The standard InChI is InChI=1S/C29H39N3O/c1-23(33)32(21-11-5-6-12-24-22-30-28-16-10-9-15-27(24)28)26-17-19-29(20-18-26,31(2)3)25-13-7-4-8-14-25/h4,7-10,13-16,22,26,30H,5-6,11-12,17-21H2,1-3H3. The zero-order valence-corrected chi connectivity index (χ0v) is 20.5. The summed E-state index contributed by atoms with van der Waals surface area (Å²) < 4.78 is 0. The molecule has 176 valence electrons. The Hall–Kier alpha value is -2.59. The first-order valence-electron chi connectivity index (χ1n) is 12.6. The Bertz CT molecular complexity index is 1030. The number of nitrogens with zero attached hydrogens (tertiary/aromatic N) is 2. The van der Waals surface area contributed by atoms with Crippen molar-refractivity contribution in [3.05, 3.63) is 71.9 Å². The van der Waals surface area contributed by atoms with Crippen LogP contribution >= 0.6 is 0 Å². The highest BCUT2D eigenvalue weighted by atomic mass is 16.2. The lowest BCUT2D eigenvalue weighted by molar-refractivity contribution is -0.132. The van der Waals surface area contributed by atoms with E-state index in [1.54, 1.807) is 6.92 Å². The summed E-state index contributed by atoms with van der Waals surface area (Å²) in [6, 6.07) is 19.8. The number of benzene rings is 2. The number of para-hydroxylation sites is 1. The minimum absolute atomic E-state index is 0.0829. The van der Waals surface area contributed by atoms with E-state index in [1.807, 2.05) is 0 Å². The third-order valence-electron chi connectivity index (χ3n) is 7.81. The summed E-state index contributed by atoms with van der Waals surface area (Å²) in [5.74, 6) is 0.230. The first-order valence-corrected chi connectivity index (χ1v) is 12.6. The number of aromatic amines is 1. The smallest absolute Gasteiger partial charge is 0.219 e. The van der Waals surface area contributed by atoms with Crippen molar-refractivity contribution in [1.82, 2.24) is 14.8 Å². The first kappa shape index (κ1) is 23.6. The molecule has 1 saturated carbocycles. The van der Waals surface area contributed by atoms with Crippen LogP contribution in [0.2, 0.25) is 0 Å². The van der Waals surface area contributed by atoms with Crippen LogP contribution in [0.1, 0.15) is 63.0 Å². The molecule has 1 amide bonds. The highest BCUT2D eigenvalue weighted by Crippen LogP contribution is 2.42. The van der Waals surface area contributed by atoms with Crippen molar-refractivity contribution in [3.63, 3.8) is 0 Å². The predicted octanol–water partition coefficient (Wildman–Crippen LogP) is 6.13. The lowest BCUT2D eigenvalue weighted by Crippen LogP contribution is -2.49. The van der Waals surface area contributed by atoms with E-state index in [4.69, 9.17) is 0 Å². The summed E-state index contributed by atoms with van der Waals surface area (Å²) in [5.41, 5.74) is 4.11. The molecule has 4 nitrogen and oxygen atoms in total. The van der Waals surface area contributed by atoms with Crippen molar-refractivity contribution in [1.29, 1.82) is 0 Å². The number of unbranched alkanes of at least 4 members (excludes halogenated alkanes) is 2. The molecule has 4 rings (SSSR count). The molecule has 1 N–H and O–H groups in total. The Labute approximate surface area is 199 Å². The van der Waals surface area contributed by atoms with Gasteiger partial charge in [-0.2, -0.15) is 0 Å². The zero-order valence-electron chi connectivity index (χ0n) is 20.5. The zero-order chi connectivity index (χ0) is 23.3. The van der Waals surface area contributed by atoms with Crippen LogP contribution in [0.15, 0.2) is 60.8 Å². The van der Waals surface area contributed by atoms with Crippen molar-refractivity contribution < 1.29 is 4.79 Å². The van der Waals surface area contributed by atoms with Crippen LogP contribution < -0.4 is 0 Å². The summed E-state index contributed by atoms with van der Waals surface area (Å²) >= 11 is 0. The van der Waals surface area contributed by atoms with Crippen LogP contribution in [-0.2, 0) is 16.8 Å². The molecule has 0 saturated heterocycles. The van der Waals surface area contributed by atoms with Gasteiger partial charge >= 0.3 is 0 Å². The third kappa shape index (κ3) is 5.16. The van der Waals surface area contributed by atoms with E-state index in [-0.39, 0.29) is 11.4 Å². The molecule has 2 aromatic carbocycles. The molecule has 0 aliphatic heterocycles. The van der Waals surface area contributed by atoms with Gasteiger partial charge in [-0.15, -0.1) is 0 Å². The monoisotopic (exact) mass is 445 g/mol. The summed E-state index contributed by atoms with van der Waals surface area (Å²) in [6.07, 6.45) is 11.0. The highest BCUT2D eigenvalue weighted by Gasteiger charge is 2.40. The largest absolute Gasteiger partial charge is 0.361 e. The number of carbonyl (C=O) groups excluding carboxylic acids is 1. The Kier molecular flexibility index (Phi) is 7.54. The molecule has 0 bridgehead atoms. The number of hydrogen-bond acceptors (Lipinski definition) is 2. The number of aryl methyl sites for hydroxylation is 1. The number of fused-ring (bicyclic) bond motifs is 1. The van der Waals surface area contributed by atoms with E-state index < -0.39 is 0 Å². The van der Waals surface area contributed by atoms with Gasteiger partial charge in [0.1, 0.15) is 0 Å². The van der Waals surface area contributed by atoms with E-state index in [0.717, 1.165) is 57.9 Å². The molecular formula is C29H39N3O. The molecule has 3 aromatic rings. The van der Waals surface area contributed by atoms with E-state index in [2.05, 4.69) is 89.7 Å². The topological polar surface area (TPSA) is 39.3 Å². The quantitative estimate of drug-likeness (QED) is 0.403. The Morgan fingerprint density at radius 1 is 0.970 bits per heavy atom. The van der Waals surface area contributed by atoms with Gasteiger partial charge in [-0.1, -0.05) is 55.0 Å². The fraction of sp³-hybridized carbons (Fsp3) is 0.483. The number of hydrogen-bond donors (Lipinski definition) is 1. The van der Waals surface area contributed by atoms with Crippen LogP contribution in [0, 0.1) is 0 Å². The van der Waals surface area contributed by atoms with Crippen LogP contribution in [0.4, 0.5) is 0 Å². The van der Waals surface area contributed by atoms with Gasteiger partial charge in [0.2, 0.25) is 5.91 Å². The maximum Gasteiger partial charge on any atom is 0.219 e. The lowest BCUT2D eigenvalue weighted by atomic mass is 9.73. The molecule has 0 spiro atoms. The molecule has 33 heavy (non-hydrogen) atoms. The molecule has 0 unspecified atom stereocenters. The van der Waals surface area contributed by atoms with Gasteiger partial charge in [0.25, 0.3) is 0 Å². The average molecular weight is 446 g/mol. The molecular weight excluding hydrogens is 406 g/mol. The molecule has 1 aliphatic rings. The number of H-pyrrole nitrogens is 1. The second kappa shape index (κ2) is 10.6. The van der Waals surface area contributed by atoms with Crippen molar-refractivity contribution >= 4 is 16.8 Å². The lowest BCUT2D eigenvalue weighted by Gasteiger charge is -2.47. The summed E-state index contributed by atoms with van der Waals surface area (Å²) in [7, 11) is 4.40. The average Bonchev–Trinajstić information content (AvgIpc) is 3.25. The normalized spacial score (nSPS) is 20.9. The summed E-state index contributed by atoms with van der Waals surface area (Å²) in [6.45, 7) is 2.63.